The van der Waals surface area contributed by atoms with E-state index in [4.69, 9.17) is 4.74 Å². The molecule has 12 atom stereocenters. The van der Waals surface area contributed by atoms with E-state index in [0.29, 0.717) is 34.7 Å². The second kappa shape index (κ2) is 6.70. The first-order chi connectivity index (χ1) is 14.3. The minimum atomic E-state index is -0.486. The molecule has 4 unspecified atom stereocenters. The zero-order valence-corrected chi connectivity index (χ0v) is 19.8. The number of piperidine rings is 1. The van der Waals surface area contributed by atoms with Crippen molar-refractivity contribution in [1.82, 2.24) is 5.32 Å². The fraction of sp³-hybridized carbons (Fsp3) is 1.00. The molecule has 4 saturated carbocycles. The summed E-state index contributed by atoms with van der Waals surface area (Å²) in [5, 5.41) is 14.8. The molecular weight excluding hydrogens is 370 g/mol. The average Bonchev–Trinajstić information content (AvgIpc) is 3.16. The van der Waals surface area contributed by atoms with Crippen molar-refractivity contribution in [2.75, 3.05) is 6.54 Å². The molecule has 2 heterocycles. The van der Waals surface area contributed by atoms with Crippen molar-refractivity contribution in [3.8, 4) is 0 Å². The van der Waals surface area contributed by atoms with Crippen molar-refractivity contribution in [2.24, 2.45) is 52.3 Å². The van der Waals surface area contributed by atoms with E-state index < -0.39 is 5.72 Å². The van der Waals surface area contributed by atoms with E-state index in [2.05, 4.69) is 33.0 Å². The molecule has 2 N–H and O–H groups in total. The van der Waals surface area contributed by atoms with E-state index in [9.17, 15) is 5.11 Å². The second-order valence-corrected chi connectivity index (χ2v) is 13.2. The summed E-state index contributed by atoms with van der Waals surface area (Å²) < 4.78 is 6.89. The summed E-state index contributed by atoms with van der Waals surface area (Å²) in [6.07, 6.45) is 13.8. The quantitative estimate of drug-likeness (QED) is 0.559. The van der Waals surface area contributed by atoms with Crippen LogP contribution in [0.25, 0.3) is 0 Å². The maximum atomic E-state index is 11.1. The number of fused-ring (bicyclic) bond motifs is 7. The second-order valence-electron chi connectivity index (χ2n) is 13.2. The Kier molecular flexibility index (Phi) is 4.58. The third-order valence-corrected chi connectivity index (χ3v) is 12.1. The summed E-state index contributed by atoms with van der Waals surface area (Å²) >= 11 is 0. The van der Waals surface area contributed by atoms with Gasteiger partial charge in [-0.1, -0.05) is 40.5 Å². The van der Waals surface area contributed by atoms with Gasteiger partial charge in [0, 0.05) is 12.5 Å². The summed E-state index contributed by atoms with van der Waals surface area (Å²) in [6, 6.07) is 0. The molecule has 1 spiro atoms. The minimum absolute atomic E-state index is 0.348. The number of aliphatic hydroxyl groups is 1. The Morgan fingerprint density at radius 1 is 0.900 bits per heavy atom. The van der Waals surface area contributed by atoms with Gasteiger partial charge in [0.1, 0.15) is 5.72 Å². The zero-order chi connectivity index (χ0) is 20.9. The Labute approximate surface area is 184 Å². The molecule has 0 bridgehead atoms. The van der Waals surface area contributed by atoms with Crippen molar-refractivity contribution in [3.05, 3.63) is 0 Å². The van der Waals surface area contributed by atoms with Crippen LogP contribution in [0.15, 0.2) is 0 Å². The van der Waals surface area contributed by atoms with Crippen LogP contribution < -0.4 is 5.32 Å². The van der Waals surface area contributed by atoms with Crippen LogP contribution in [-0.4, -0.2) is 29.6 Å². The molecular formula is C27H45NO2. The SMILES string of the molecule is CC1CNC2(O[C@H]3C[C@H]4[C@@H]5CCC6CCCC[C@]6(C)[C@H]5CC[C@]4(C)[C@H]3[C@@H]2C)C(O)C1. The Morgan fingerprint density at radius 3 is 2.53 bits per heavy atom. The highest BCUT2D eigenvalue weighted by molar-refractivity contribution is 5.17. The lowest BCUT2D eigenvalue weighted by atomic mass is 9.44. The molecule has 2 aliphatic heterocycles. The van der Waals surface area contributed by atoms with Crippen molar-refractivity contribution < 1.29 is 9.84 Å². The Hall–Kier alpha value is -0.120. The van der Waals surface area contributed by atoms with Crippen molar-refractivity contribution >= 4 is 0 Å². The Balaban J connectivity index is 1.28. The van der Waals surface area contributed by atoms with Crippen LogP contribution in [0.3, 0.4) is 0 Å². The molecule has 170 valence electrons. The number of rotatable bonds is 0. The molecule has 4 aliphatic carbocycles. The van der Waals surface area contributed by atoms with E-state index in [1.807, 2.05) is 0 Å². The van der Waals surface area contributed by atoms with Crippen molar-refractivity contribution in [3.63, 3.8) is 0 Å². The highest BCUT2D eigenvalue weighted by Gasteiger charge is 2.69. The van der Waals surface area contributed by atoms with E-state index in [-0.39, 0.29) is 6.10 Å². The molecule has 3 nitrogen and oxygen atoms in total. The minimum Gasteiger partial charge on any atom is -0.389 e. The average molecular weight is 416 g/mol. The van der Waals surface area contributed by atoms with E-state index in [1.54, 1.807) is 0 Å². The molecule has 0 amide bonds. The van der Waals surface area contributed by atoms with Gasteiger partial charge >= 0.3 is 0 Å². The van der Waals surface area contributed by atoms with Gasteiger partial charge in [-0.25, -0.2) is 0 Å². The molecule has 0 aromatic carbocycles. The number of aliphatic hydroxyl groups excluding tert-OH is 1. The summed E-state index contributed by atoms with van der Waals surface area (Å²) in [7, 11) is 0. The van der Waals surface area contributed by atoms with Crippen LogP contribution >= 0.6 is 0 Å². The topological polar surface area (TPSA) is 41.5 Å². The summed E-state index contributed by atoms with van der Waals surface area (Å²) in [4.78, 5) is 0. The number of hydrogen-bond donors (Lipinski definition) is 2. The van der Waals surface area contributed by atoms with E-state index in [0.717, 1.165) is 36.6 Å². The fourth-order valence-electron chi connectivity index (χ4n) is 10.6. The highest BCUT2D eigenvalue weighted by atomic mass is 16.5. The van der Waals surface area contributed by atoms with Crippen molar-refractivity contribution in [1.29, 1.82) is 0 Å². The van der Waals surface area contributed by atoms with Crippen LogP contribution in [0.2, 0.25) is 0 Å². The molecule has 30 heavy (non-hydrogen) atoms. The first-order valence-electron chi connectivity index (χ1n) is 13.4. The van der Waals surface area contributed by atoms with Crippen LogP contribution in [-0.2, 0) is 4.74 Å². The Bertz CT molecular complexity index is 696. The van der Waals surface area contributed by atoms with Gasteiger partial charge in [0.2, 0.25) is 0 Å². The molecule has 6 aliphatic rings. The first kappa shape index (κ1) is 20.5. The van der Waals surface area contributed by atoms with Gasteiger partial charge < -0.3 is 9.84 Å². The lowest BCUT2D eigenvalue weighted by Crippen LogP contribution is -2.64. The van der Waals surface area contributed by atoms with Crippen LogP contribution in [0, 0.1) is 52.3 Å². The van der Waals surface area contributed by atoms with Gasteiger partial charge in [-0.3, -0.25) is 5.32 Å². The lowest BCUT2D eigenvalue weighted by molar-refractivity contribution is -0.179. The normalized spacial score (nSPS) is 62.5. The predicted molar refractivity (Wildman–Crippen MR) is 120 cm³/mol. The van der Waals surface area contributed by atoms with Gasteiger partial charge in [-0.2, -0.15) is 0 Å². The molecule has 0 radical (unpaired) electrons. The maximum Gasteiger partial charge on any atom is 0.148 e. The van der Waals surface area contributed by atoms with Gasteiger partial charge in [0.15, 0.2) is 0 Å². The lowest BCUT2D eigenvalue weighted by Gasteiger charge is -2.61. The van der Waals surface area contributed by atoms with Crippen LogP contribution in [0.5, 0.6) is 0 Å². The summed E-state index contributed by atoms with van der Waals surface area (Å²) in [5.74, 6) is 5.26. The van der Waals surface area contributed by atoms with Crippen molar-refractivity contribution in [2.45, 2.75) is 110 Å². The first-order valence-corrected chi connectivity index (χ1v) is 13.4. The Morgan fingerprint density at radius 2 is 1.73 bits per heavy atom. The third kappa shape index (κ3) is 2.49. The fourth-order valence-corrected chi connectivity index (χ4v) is 10.6. The molecule has 6 rings (SSSR count). The molecule has 0 aromatic heterocycles. The number of hydrogen-bond acceptors (Lipinski definition) is 3. The molecule has 6 fully saturated rings. The third-order valence-electron chi connectivity index (χ3n) is 12.1. The largest absolute Gasteiger partial charge is 0.389 e. The smallest absolute Gasteiger partial charge is 0.148 e. The van der Waals surface area contributed by atoms with Gasteiger partial charge in [-0.05, 0) is 97.7 Å². The van der Waals surface area contributed by atoms with E-state index >= 15 is 0 Å². The summed E-state index contributed by atoms with van der Waals surface area (Å²) in [5.41, 5.74) is 0.530. The maximum absolute atomic E-state index is 11.1. The van der Waals surface area contributed by atoms with Crippen LogP contribution in [0.1, 0.15) is 91.9 Å². The van der Waals surface area contributed by atoms with Crippen LogP contribution in [0.4, 0.5) is 0 Å². The predicted octanol–water partition coefficient (Wildman–Crippen LogP) is 5.37. The van der Waals surface area contributed by atoms with Gasteiger partial charge in [0.25, 0.3) is 0 Å². The monoisotopic (exact) mass is 415 g/mol. The standard InChI is InChI=1S/C27H45NO2/c1-16-13-23(29)27(28-15-16)17(2)24-22(30-27)14-21-19-9-8-18-7-5-6-11-25(18,3)20(19)10-12-26(21,24)4/h16-24,28-29H,5-15H2,1-4H3/t16?,17-,18?,19+,20-,21-,22-,23?,24-,25-,26-,27?/m0/s1. The number of ether oxygens (including phenoxy) is 1. The molecule has 3 heteroatoms. The van der Waals surface area contributed by atoms with Gasteiger partial charge in [-0.15, -0.1) is 0 Å². The van der Waals surface area contributed by atoms with Gasteiger partial charge in [0.05, 0.1) is 12.2 Å². The highest BCUT2D eigenvalue weighted by Crippen LogP contribution is 2.71. The zero-order valence-electron chi connectivity index (χ0n) is 19.8. The van der Waals surface area contributed by atoms with E-state index in [1.165, 1.54) is 57.8 Å². The molecule has 0 aromatic rings. The number of nitrogens with one attached hydrogen (secondary N) is 1. The molecule has 2 saturated heterocycles. The summed E-state index contributed by atoms with van der Waals surface area (Å²) in [6.45, 7) is 10.9.